The van der Waals surface area contributed by atoms with E-state index in [9.17, 15) is 0 Å². The molecule has 2 atom stereocenters. The van der Waals surface area contributed by atoms with Crippen molar-refractivity contribution >= 4 is 13.2 Å². The van der Waals surface area contributed by atoms with Gasteiger partial charge in [0.1, 0.15) is 0 Å². The predicted molar refractivity (Wildman–Crippen MR) is 144 cm³/mol. The van der Waals surface area contributed by atoms with E-state index in [1.54, 1.807) is 0 Å². The largest absolute Gasteiger partial charge is 0.0937 e. The Balaban J connectivity index is 2.02. The number of fused-ring (bicyclic) bond motifs is 2. The number of rotatable bonds is 5. The fourth-order valence-corrected chi connectivity index (χ4v) is 6.87. The van der Waals surface area contributed by atoms with Gasteiger partial charge in [-0.15, -0.1) is 0 Å². The smallest absolute Gasteiger partial charge is 0.0155 e. The summed E-state index contributed by atoms with van der Waals surface area (Å²) in [4.78, 5) is 0. The van der Waals surface area contributed by atoms with Crippen molar-refractivity contribution in [2.75, 3.05) is 6.66 Å². The summed E-state index contributed by atoms with van der Waals surface area (Å²) in [5.74, 6) is 3.08. The zero-order chi connectivity index (χ0) is 22.8. The maximum atomic E-state index is 4.68. The van der Waals surface area contributed by atoms with Crippen molar-refractivity contribution in [1.29, 1.82) is 0 Å². The average Bonchev–Trinajstić information content (AvgIpc) is 2.94. The van der Waals surface area contributed by atoms with E-state index in [0.29, 0.717) is 5.92 Å². The van der Waals surface area contributed by atoms with Crippen LogP contribution in [0.4, 0.5) is 0 Å². The summed E-state index contributed by atoms with van der Waals surface area (Å²) in [6, 6.07) is 0. The van der Waals surface area contributed by atoms with Gasteiger partial charge in [0, 0.05) is 5.41 Å². The van der Waals surface area contributed by atoms with Crippen LogP contribution in [0.5, 0.6) is 0 Å². The van der Waals surface area contributed by atoms with Crippen LogP contribution >= 0.6 is 6.89 Å². The molecular formula is C30H41P. The summed E-state index contributed by atoms with van der Waals surface area (Å²) in [7, 11) is 0. The van der Waals surface area contributed by atoms with Crippen molar-refractivity contribution in [2.24, 2.45) is 11.3 Å². The Hall–Kier alpha value is -1.78. The first-order chi connectivity index (χ1) is 14.6. The molecule has 1 heteroatoms. The summed E-state index contributed by atoms with van der Waals surface area (Å²) in [5, 5.41) is 1.50. The van der Waals surface area contributed by atoms with Crippen LogP contribution in [-0.2, 0) is 0 Å². The van der Waals surface area contributed by atoms with E-state index in [4.69, 9.17) is 0 Å². The van der Waals surface area contributed by atoms with E-state index in [0.717, 1.165) is 19.3 Å². The third kappa shape index (κ3) is 4.70. The second kappa shape index (κ2) is 9.38. The van der Waals surface area contributed by atoms with Crippen LogP contribution in [0.25, 0.3) is 0 Å². The van der Waals surface area contributed by atoms with Crippen molar-refractivity contribution in [3.05, 3.63) is 93.2 Å². The molecule has 0 spiro atoms. The second-order valence-electron chi connectivity index (χ2n) is 10.0. The summed E-state index contributed by atoms with van der Waals surface area (Å²) >= 11 is 0. The number of hydrogen-bond donors (Lipinski definition) is 0. The van der Waals surface area contributed by atoms with Crippen LogP contribution in [0, 0.1) is 11.3 Å². The number of hydrogen-bond acceptors (Lipinski definition) is 0. The Morgan fingerprint density at radius 2 is 1.97 bits per heavy atom. The fraction of sp³-hybridized carbons (Fsp3) is 0.433. The van der Waals surface area contributed by atoms with E-state index in [-0.39, 0.29) is 5.41 Å². The van der Waals surface area contributed by atoms with Crippen LogP contribution in [0.2, 0.25) is 0 Å². The molecule has 1 heterocycles. The molecule has 0 bridgehead atoms. The fourth-order valence-electron chi connectivity index (χ4n) is 5.22. The molecule has 3 aliphatic rings. The highest BCUT2D eigenvalue weighted by molar-refractivity contribution is 7.79. The van der Waals surface area contributed by atoms with Crippen molar-refractivity contribution in [3.8, 4) is 0 Å². The summed E-state index contributed by atoms with van der Waals surface area (Å²) in [5.41, 5.74) is 8.88. The lowest BCUT2D eigenvalue weighted by Gasteiger charge is -2.28. The molecule has 1 aliphatic heterocycles. The van der Waals surface area contributed by atoms with E-state index in [1.807, 2.05) is 0 Å². The molecule has 31 heavy (non-hydrogen) atoms. The molecule has 2 aliphatic carbocycles. The molecule has 0 radical (unpaired) electrons. The third-order valence-corrected chi connectivity index (χ3v) is 9.96. The molecule has 0 saturated carbocycles. The van der Waals surface area contributed by atoms with E-state index in [1.165, 1.54) is 45.2 Å². The summed E-state index contributed by atoms with van der Waals surface area (Å²) < 4.78 is 0. The van der Waals surface area contributed by atoms with Crippen LogP contribution in [0.1, 0.15) is 67.2 Å². The maximum Gasteiger partial charge on any atom is 0.0155 e. The molecule has 0 aromatic rings. The van der Waals surface area contributed by atoms with Crippen molar-refractivity contribution in [2.45, 2.75) is 67.2 Å². The lowest BCUT2D eigenvalue weighted by atomic mass is 9.76. The van der Waals surface area contributed by atoms with Crippen LogP contribution in [0.15, 0.2) is 93.2 Å². The Labute approximate surface area is 191 Å². The Morgan fingerprint density at radius 3 is 2.65 bits per heavy atom. The molecule has 0 aromatic heterocycles. The van der Waals surface area contributed by atoms with Gasteiger partial charge >= 0.3 is 0 Å². The average molecular weight is 433 g/mol. The first-order valence-corrected chi connectivity index (χ1v) is 14.4. The minimum Gasteiger partial charge on any atom is -0.0937 e. The van der Waals surface area contributed by atoms with Gasteiger partial charge in [-0.3, -0.25) is 0 Å². The third-order valence-electron chi connectivity index (χ3n) is 7.35. The maximum absolute atomic E-state index is 4.68. The molecule has 0 saturated heterocycles. The van der Waals surface area contributed by atoms with Gasteiger partial charge in [-0.1, -0.05) is 88.4 Å². The normalized spacial score (nSPS) is 33.3. The number of allylic oxidation sites excluding steroid dienone is 15. The zero-order valence-electron chi connectivity index (χ0n) is 20.8. The van der Waals surface area contributed by atoms with Gasteiger partial charge in [-0.05, 0) is 97.8 Å². The SMILES string of the molecule is C=P1(C)/C=C/C2=C(/C=C(C)/C(CC)=C\1C)C(C)(C)C1=CC(CC/C=C\C=C/C)CC=C12. The minimum absolute atomic E-state index is 0.0410. The van der Waals surface area contributed by atoms with Gasteiger partial charge in [0.15, 0.2) is 0 Å². The van der Waals surface area contributed by atoms with Gasteiger partial charge in [0.05, 0.1) is 0 Å². The molecule has 166 valence electrons. The minimum atomic E-state index is -1.50. The van der Waals surface area contributed by atoms with Gasteiger partial charge in [-0.25, -0.2) is 0 Å². The summed E-state index contributed by atoms with van der Waals surface area (Å²) in [6.07, 6.45) is 27.9. The first kappa shape index (κ1) is 23.9. The molecule has 0 nitrogen and oxygen atoms in total. The van der Waals surface area contributed by atoms with Gasteiger partial charge < -0.3 is 0 Å². The van der Waals surface area contributed by atoms with Crippen LogP contribution < -0.4 is 0 Å². The van der Waals surface area contributed by atoms with E-state index < -0.39 is 6.89 Å². The highest BCUT2D eigenvalue weighted by atomic mass is 31.2. The second-order valence-corrected chi connectivity index (χ2v) is 13.5. The van der Waals surface area contributed by atoms with Gasteiger partial charge in [0.2, 0.25) is 0 Å². The van der Waals surface area contributed by atoms with Crippen LogP contribution in [0.3, 0.4) is 0 Å². The van der Waals surface area contributed by atoms with Gasteiger partial charge in [0.25, 0.3) is 0 Å². The van der Waals surface area contributed by atoms with E-state index in [2.05, 4.69) is 109 Å². The monoisotopic (exact) mass is 432 g/mol. The van der Waals surface area contributed by atoms with E-state index >= 15 is 0 Å². The molecule has 0 N–H and O–H groups in total. The van der Waals surface area contributed by atoms with Crippen molar-refractivity contribution in [1.82, 2.24) is 0 Å². The first-order valence-electron chi connectivity index (χ1n) is 11.9. The zero-order valence-corrected chi connectivity index (χ0v) is 21.7. The summed E-state index contributed by atoms with van der Waals surface area (Å²) in [6.45, 7) is 14.7. The standard InChI is InChI=1S/C30H41P/c1-9-11-12-13-14-15-24-16-17-26-27-18-19-31(7,8)23(4)25(10-2)22(3)20-28(27)30(5,6)29(26)21-24/h9,11-13,17-21,24H,7,10,14-16H2,1-6,8H3/b11-9-,13-12-,19-18+,22-20+,25-23-. The Morgan fingerprint density at radius 1 is 1.23 bits per heavy atom. The molecule has 2 unspecified atom stereocenters. The Bertz CT molecular complexity index is 1020. The van der Waals surface area contributed by atoms with Crippen molar-refractivity contribution < 1.29 is 0 Å². The molecule has 0 fully saturated rings. The molecule has 0 amide bonds. The van der Waals surface area contributed by atoms with Crippen molar-refractivity contribution in [3.63, 3.8) is 0 Å². The lowest BCUT2D eigenvalue weighted by molar-refractivity contribution is 0.537. The highest BCUT2D eigenvalue weighted by Crippen LogP contribution is 2.58. The quantitative estimate of drug-likeness (QED) is 0.300. The predicted octanol–water partition coefficient (Wildman–Crippen LogP) is 9.34. The Kier molecular flexibility index (Phi) is 7.22. The lowest BCUT2D eigenvalue weighted by Crippen LogP contribution is -2.16. The van der Waals surface area contributed by atoms with Crippen LogP contribution in [-0.4, -0.2) is 13.0 Å². The molecule has 3 rings (SSSR count). The highest BCUT2D eigenvalue weighted by Gasteiger charge is 2.40. The molecule has 0 aromatic carbocycles. The molecular weight excluding hydrogens is 391 g/mol. The topological polar surface area (TPSA) is 0 Å². The van der Waals surface area contributed by atoms with Gasteiger partial charge in [-0.2, -0.15) is 0 Å².